The number of halogens is 1. The highest BCUT2D eigenvalue weighted by molar-refractivity contribution is 9.10. The van der Waals surface area contributed by atoms with Gasteiger partial charge in [0, 0.05) is 28.6 Å². The molecule has 0 aliphatic carbocycles. The van der Waals surface area contributed by atoms with Crippen LogP contribution in [0.25, 0.3) is 0 Å². The molecule has 2 rings (SSSR count). The second-order valence-electron chi connectivity index (χ2n) is 4.52. The number of aryl methyl sites for hydroxylation is 1. The Morgan fingerprint density at radius 2 is 2.21 bits per heavy atom. The quantitative estimate of drug-likeness (QED) is 0.902. The van der Waals surface area contributed by atoms with Gasteiger partial charge in [-0.2, -0.15) is 0 Å². The lowest BCUT2D eigenvalue weighted by Gasteiger charge is -2.20. The predicted octanol–water partition coefficient (Wildman–Crippen LogP) is 3.57. The van der Waals surface area contributed by atoms with Gasteiger partial charge in [-0.15, -0.1) is 11.3 Å². The predicted molar refractivity (Wildman–Crippen MR) is 85.9 cm³/mol. The van der Waals surface area contributed by atoms with Crippen molar-refractivity contribution in [2.45, 2.75) is 20.0 Å². The van der Waals surface area contributed by atoms with Gasteiger partial charge in [-0.25, -0.2) is 4.98 Å². The van der Waals surface area contributed by atoms with Crippen LogP contribution in [0, 0.1) is 6.92 Å². The minimum Gasteiger partial charge on any atom is -0.369 e. The van der Waals surface area contributed by atoms with E-state index in [1.807, 2.05) is 12.6 Å². The van der Waals surface area contributed by atoms with Crippen molar-refractivity contribution < 1.29 is 0 Å². The van der Waals surface area contributed by atoms with Gasteiger partial charge in [0.25, 0.3) is 0 Å². The van der Waals surface area contributed by atoms with Crippen LogP contribution >= 0.6 is 27.3 Å². The smallest absolute Gasteiger partial charge is 0.0798 e. The van der Waals surface area contributed by atoms with Gasteiger partial charge in [0.2, 0.25) is 0 Å². The van der Waals surface area contributed by atoms with Crippen LogP contribution in [0.4, 0.5) is 5.69 Å². The molecule has 0 bridgehead atoms. The minimum atomic E-state index is 0.874. The van der Waals surface area contributed by atoms with E-state index < -0.39 is 0 Å². The molecule has 0 radical (unpaired) electrons. The highest BCUT2D eigenvalue weighted by Crippen LogP contribution is 2.25. The number of benzene rings is 1. The second kappa shape index (κ2) is 6.50. The zero-order valence-electron chi connectivity index (χ0n) is 11.4. The molecule has 5 heteroatoms. The topological polar surface area (TPSA) is 28.2 Å². The van der Waals surface area contributed by atoms with Crippen molar-refractivity contribution in [2.24, 2.45) is 0 Å². The minimum absolute atomic E-state index is 0.874. The van der Waals surface area contributed by atoms with Crippen molar-refractivity contribution in [1.29, 1.82) is 0 Å². The molecule has 0 spiro atoms. The number of thiazole rings is 1. The highest BCUT2D eigenvalue weighted by Gasteiger charge is 2.08. The average molecular weight is 340 g/mol. The summed E-state index contributed by atoms with van der Waals surface area (Å²) in [6, 6.07) is 6.49. The molecule has 0 aliphatic rings. The van der Waals surface area contributed by atoms with E-state index in [1.165, 1.54) is 16.1 Å². The van der Waals surface area contributed by atoms with Crippen molar-refractivity contribution in [3.05, 3.63) is 44.3 Å². The zero-order chi connectivity index (χ0) is 13.8. The Hall–Kier alpha value is -0.910. The number of aromatic nitrogens is 1. The van der Waals surface area contributed by atoms with E-state index in [-0.39, 0.29) is 0 Å². The van der Waals surface area contributed by atoms with Crippen molar-refractivity contribution >= 4 is 33.0 Å². The van der Waals surface area contributed by atoms with Crippen molar-refractivity contribution in [2.75, 3.05) is 19.0 Å². The monoisotopic (exact) mass is 339 g/mol. The normalized spacial score (nSPS) is 10.7. The molecule has 0 saturated carbocycles. The molecule has 1 aromatic carbocycles. The van der Waals surface area contributed by atoms with Crippen LogP contribution < -0.4 is 10.2 Å². The summed E-state index contributed by atoms with van der Waals surface area (Å²) in [5.41, 5.74) is 5.51. The van der Waals surface area contributed by atoms with E-state index in [2.05, 4.69) is 63.3 Å². The Labute approximate surface area is 126 Å². The molecular weight excluding hydrogens is 322 g/mol. The molecule has 1 aromatic heterocycles. The van der Waals surface area contributed by atoms with E-state index in [0.717, 1.165) is 23.3 Å². The maximum absolute atomic E-state index is 4.29. The maximum atomic E-state index is 4.29. The molecule has 0 atom stereocenters. The second-order valence-corrected chi connectivity index (χ2v) is 6.32. The van der Waals surface area contributed by atoms with E-state index in [1.54, 1.807) is 11.3 Å². The summed E-state index contributed by atoms with van der Waals surface area (Å²) >= 11 is 5.35. The first-order valence-corrected chi connectivity index (χ1v) is 7.82. The summed E-state index contributed by atoms with van der Waals surface area (Å²) in [4.78, 5) is 7.86. The summed E-state index contributed by atoms with van der Waals surface area (Å²) in [6.07, 6.45) is 0. The van der Waals surface area contributed by atoms with Crippen molar-refractivity contribution in [3.63, 3.8) is 0 Å². The molecular formula is C14H18BrN3S. The number of nitrogens with zero attached hydrogens (tertiary/aromatic N) is 2. The Morgan fingerprint density at radius 1 is 1.42 bits per heavy atom. The molecule has 1 heterocycles. The number of anilines is 1. The fourth-order valence-electron chi connectivity index (χ4n) is 1.89. The van der Waals surface area contributed by atoms with Gasteiger partial charge in [0.1, 0.15) is 0 Å². The van der Waals surface area contributed by atoms with Gasteiger partial charge < -0.3 is 10.2 Å². The molecule has 1 N–H and O–H groups in total. The van der Waals surface area contributed by atoms with Crippen LogP contribution in [0.3, 0.4) is 0 Å². The Bertz CT molecular complexity index is 553. The molecule has 3 nitrogen and oxygen atoms in total. The van der Waals surface area contributed by atoms with E-state index in [9.17, 15) is 0 Å². The number of nitrogens with one attached hydrogen (secondary N) is 1. The molecule has 0 aliphatic heterocycles. The molecule has 19 heavy (non-hydrogen) atoms. The Kier molecular flexibility index (Phi) is 4.96. The third-order valence-electron chi connectivity index (χ3n) is 3.07. The third kappa shape index (κ3) is 3.55. The maximum Gasteiger partial charge on any atom is 0.0798 e. The lowest BCUT2D eigenvalue weighted by Crippen LogP contribution is -2.16. The van der Waals surface area contributed by atoms with Gasteiger partial charge >= 0.3 is 0 Å². The molecule has 0 amide bonds. The van der Waals surface area contributed by atoms with Crippen LogP contribution in [0.15, 0.2) is 28.2 Å². The van der Waals surface area contributed by atoms with Gasteiger partial charge in [0.15, 0.2) is 0 Å². The largest absolute Gasteiger partial charge is 0.369 e. The van der Waals surface area contributed by atoms with E-state index >= 15 is 0 Å². The van der Waals surface area contributed by atoms with Gasteiger partial charge in [0.05, 0.1) is 17.7 Å². The van der Waals surface area contributed by atoms with Crippen LogP contribution in [-0.2, 0) is 13.1 Å². The summed E-state index contributed by atoms with van der Waals surface area (Å²) in [5.74, 6) is 0. The molecule has 0 fully saturated rings. The van der Waals surface area contributed by atoms with Crippen LogP contribution in [0.1, 0.15) is 16.1 Å². The standard InChI is InChI=1S/C14H18BrN3S/c1-10-14(19-9-17-10)8-18(3)12-5-4-11(7-16-2)13(15)6-12/h4-6,9,16H,7-8H2,1-3H3. The van der Waals surface area contributed by atoms with Crippen LogP contribution in [-0.4, -0.2) is 19.1 Å². The fourth-order valence-corrected chi connectivity index (χ4v) is 3.23. The van der Waals surface area contributed by atoms with Gasteiger partial charge in [-0.05, 0) is 31.7 Å². The number of rotatable bonds is 5. The average Bonchev–Trinajstić information content (AvgIpc) is 2.78. The zero-order valence-corrected chi connectivity index (χ0v) is 13.8. The van der Waals surface area contributed by atoms with E-state index in [4.69, 9.17) is 0 Å². The summed E-state index contributed by atoms with van der Waals surface area (Å²) in [5, 5.41) is 3.17. The summed E-state index contributed by atoms with van der Waals surface area (Å²) in [6.45, 7) is 3.83. The van der Waals surface area contributed by atoms with Gasteiger partial charge in [-0.1, -0.05) is 22.0 Å². The fraction of sp³-hybridized carbons (Fsp3) is 0.357. The van der Waals surface area contributed by atoms with Crippen LogP contribution in [0.5, 0.6) is 0 Å². The summed E-state index contributed by atoms with van der Waals surface area (Å²) < 4.78 is 1.15. The molecule has 0 unspecified atom stereocenters. The first kappa shape index (κ1) is 14.5. The Balaban J connectivity index is 2.13. The number of hydrogen-bond acceptors (Lipinski definition) is 4. The molecule has 102 valence electrons. The summed E-state index contributed by atoms with van der Waals surface area (Å²) in [7, 11) is 4.07. The van der Waals surface area contributed by atoms with Crippen molar-refractivity contribution in [3.8, 4) is 0 Å². The molecule has 2 aromatic rings. The Morgan fingerprint density at radius 3 is 2.79 bits per heavy atom. The van der Waals surface area contributed by atoms with Crippen molar-refractivity contribution in [1.82, 2.24) is 10.3 Å². The first-order chi connectivity index (χ1) is 9.11. The first-order valence-electron chi connectivity index (χ1n) is 6.15. The lowest BCUT2D eigenvalue weighted by atomic mass is 10.2. The highest BCUT2D eigenvalue weighted by atomic mass is 79.9. The SMILES string of the molecule is CNCc1ccc(N(C)Cc2scnc2C)cc1Br. The van der Waals surface area contributed by atoms with Crippen LogP contribution in [0.2, 0.25) is 0 Å². The lowest BCUT2D eigenvalue weighted by molar-refractivity contribution is 0.813. The van der Waals surface area contributed by atoms with Gasteiger partial charge in [-0.3, -0.25) is 0 Å². The van der Waals surface area contributed by atoms with E-state index in [0.29, 0.717) is 0 Å². The molecule has 0 saturated heterocycles. The third-order valence-corrected chi connectivity index (χ3v) is 4.73. The number of hydrogen-bond donors (Lipinski definition) is 1.